The van der Waals surface area contributed by atoms with Crippen molar-refractivity contribution in [3.8, 4) is 33.2 Å². The first-order valence-corrected chi connectivity index (χ1v) is 13.6. The summed E-state index contributed by atoms with van der Waals surface area (Å²) in [5, 5.41) is 3.52. The number of para-hydroxylation sites is 1. The molecule has 3 N–H and O–H groups in total. The van der Waals surface area contributed by atoms with E-state index in [-0.39, 0.29) is 18.1 Å². The number of hydrogen-bond acceptors (Lipinski definition) is 8. The Hall–Kier alpha value is -4.96. The number of pyridine rings is 1. The number of nitrogens with zero attached hydrogens (tertiary/aromatic N) is 2. The number of carbonyl (C=O) groups is 1. The lowest BCUT2D eigenvalue weighted by molar-refractivity contribution is -0.116. The van der Waals surface area contributed by atoms with Gasteiger partial charge < -0.3 is 14.8 Å². The summed E-state index contributed by atoms with van der Waals surface area (Å²) in [6.07, 6.45) is 2.34. The second-order valence-electron chi connectivity index (χ2n) is 8.98. The van der Waals surface area contributed by atoms with Crippen LogP contribution in [0.25, 0.3) is 21.7 Å². The van der Waals surface area contributed by atoms with Gasteiger partial charge >= 0.3 is 0 Å². The van der Waals surface area contributed by atoms with Crippen LogP contribution in [0.2, 0.25) is 0 Å². The molecule has 5 aromatic rings. The number of anilines is 3. The van der Waals surface area contributed by atoms with Gasteiger partial charge in [0, 0.05) is 18.2 Å². The minimum Gasteiger partial charge on any atom is -0.497 e. The smallest absolute Gasteiger partial charge is 0.225 e. The molecule has 0 spiro atoms. The molecule has 0 aliphatic carbocycles. The van der Waals surface area contributed by atoms with Gasteiger partial charge in [-0.05, 0) is 84.3 Å². The molecule has 0 unspecified atom stereocenters. The van der Waals surface area contributed by atoms with Gasteiger partial charge in [0.05, 0.1) is 30.5 Å². The molecule has 0 saturated carbocycles. The molecule has 2 aromatic heterocycles. The molecule has 8 nitrogen and oxygen atoms in total. The summed E-state index contributed by atoms with van der Waals surface area (Å²) in [6.45, 7) is 0. The standard InChI is InChI=1S/C31H28FN5O3S/c1-39-25-13-14-26(40-2)21(18-25)10-15-28(38)34-27-19-22(16-17-33-27)30-29(20-8-11-23(32)12-9-20)35-31(41-30)37-36-24-6-4-3-5-7-24/h3-9,11-14,16-19,36H,10,15H2,1-2H3,(H,35,37)(H,33,34,38). The van der Waals surface area contributed by atoms with E-state index in [1.807, 2.05) is 54.6 Å². The Kier molecular flexibility index (Phi) is 8.70. The van der Waals surface area contributed by atoms with Crippen LogP contribution in [0.4, 0.5) is 21.0 Å². The third-order valence-corrected chi connectivity index (χ3v) is 7.25. The van der Waals surface area contributed by atoms with Crippen molar-refractivity contribution in [2.75, 3.05) is 30.4 Å². The molecule has 3 aromatic carbocycles. The number of benzene rings is 3. The SMILES string of the molecule is COc1ccc(OC)c(CCC(=O)Nc2cc(-c3sc(NNc4ccccc4)nc3-c3ccc(F)cc3)ccn2)c1. The largest absolute Gasteiger partial charge is 0.497 e. The van der Waals surface area contributed by atoms with Crippen molar-refractivity contribution in [2.45, 2.75) is 12.8 Å². The number of hydrazine groups is 1. The van der Waals surface area contributed by atoms with Gasteiger partial charge in [-0.2, -0.15) is 0 Å². The van der Waals surface area contributed by atoms with Crippen molar-refractivity contribution in [3.05, 3.63) is 103 Å². The van der Waals surface area contributed by atoms with E-state index in [0.29, 0.717) is 34.6 Å². The normalized spacial score (nSPS) is 10.6. The number of aromatic nitrogens is 2. The first kappa shape index (κ1) is 27.6. The first-order chi connectivity index (χ1) is 20.0. The summed E-state index contributed by atoms with van der Waals surface area (Å²) in [7, 11) is 3.19. The fourth-order valence-electron chi connectivity index (χ4n) is 4.19. The molecule has 0 aliphatic heterocycles. The van der Waals surface area contributed by atoms with Crippen LogP contribution in [0.1, 0.15) is 12.0 Å². The molecule has 2 heterocycles. The quantitative estimate of drug-likeness (QED) is 0.147. The van der Waals surface area contributed by atoms with Crippen LogP contribution < -0.4 is 25.6 Å². The molecule has 208 valence electrons. The minimum absolute atomic E-state index is 0.183. The number of carbonyl (C=O) groups excluding carboxylic acids is 1. The lowest BCUT2D eigenvalue weighted by Gasteiger charge is -2.11. The van der Waals surface area contributed by atoms with Crippen molar-refractivity contribution >= 4 is 33.9 Å². The molecule has 41 heavy (non-hydrogen) atoms. The van der Waals surface area contributed by atoms with Gasteiger partial charge in [0.2, 0.25) is 11.0 Å². The highest BCUT2D eigenvalue weighted by atomic mass is 32.1. The fourth-order valence-corrected chi connectivity index (χ4v) is 5.13. The zero-order chi connectivity index (χ0) is 28.6. The number of nitrogens with one attached hydrogen (secondary N) is 3. The van der Waals surface area contributed by atoms with Gasteiger partial charge in [0.1, 0.15) is 23.1 Å². The Labute approximate surface area is 241 Å². The maximum Gasteiger partial charge on any atom is 0.225 e. The maximum atomic E-state index is 13.7. The van der Waals surface area contributed by atoms with Crippen molar-refractivity contribution < 1.29 is 18.7 Å². The van der Waals surface area contributed by atoms with Crippen LogP contribution in [-0.4, -0.2) is 30.1 Å². The molecule has 5 rings (SSSR count). The lowest BCUT2D eigenvalue weighted by Crippen LogP contribution is -2.13. The number of hydrogen-bond donors (Lipinski definition) is 3. The molecular weight excluding hydrogens is 541 g/mol. The first-order valence-electron chi connectivity index (χ1n) is 12.8. The number of rotatable bonds is 11. The van der Waals surface area contributed by atoms with E-state index in [1.54, 1.807) is 38.6 Å². The summed E-state index contributed by atoms with van der Waals surface area (Å²) in [6, 6.07) is 25.0. The third kappa shape index (κ3) is 6.98. The molecule has 0 aliphatic rings. The number of amides is 1. The Morgan fingerprint density at radius 3 is 2.46 bits per heavy atom. The van der Waals surface area contributed by atoms with Gasteiger partial charge in [-0.25, -0.2) is 14.4 Å². The Bertz CT molecular complexity index is 1630. The number of methoxy groups -OCH3 is 2. The van der Waals surface area contributed by atoms with E-state index in [9.17, 15) is 9.18 Å². The number of thiazole rings is 1. The minimum atomic E-state index is -0.324. The second kappa shape index (κ2) is 12.9. The Morgan fingerprint density at radius 1 is 0.902 bits per heavy atom. The van der Waals surface area contributed by atoms with Gasteiger partial charge in [0.25, 0.3) is 0 Å². The second-order valence-corrected chi connectivity index (χ2v) is 9.97. The molecule has 0 saturated heterocycles. The number of ether oxygens (including phenoxy) is 2. The average Bonchev–Trinajstić information content (AvgIpc) is 3.44. The van der Waals surface area contributed by atoms with Crippen LogP contribution in [0, 0.1) is 5.82 Å². The molecule has 0 radical (unpaired) electrons. The van der Waals surface area contributed by atoms with Gasteiger partial charge in [0.15, 0.2) is 0 Å². The van der Waals surface area contributed by atoms with Crippen molar-refractivity contribution in [1.29, 1.82) is 0 Å². The highest BCUT2D eigenvalue weighted by Gasteiger charge is 2.17. The van der Waals surface area contributed by atoms with Crippen LogP contribution in [0.5, 0.6) is 11.5 Å². The van der Waals surface area contributed by atoms with Gasteiger partial charge in [-0.3, -0.25) is 15.6 Å². The maximum absolute atomic E-state index is 13.7. The molecule has 0 atom stereocenters. The summed E-state index contributed by atoms with van der Waals surface area (Å²) in [4.78, 5) is 22.8. The average molecular weight is 570 g/mol. The van der Waals surface area contributed by atoms with E-state index in [1.165, 1.54) is 23.5 Å². The molecular formula is C31H28FN5O3S. The molecule has 10 heteroatoms. The number of halogens is 1. The highest BCUT2D eigenvalue weighted by molar-refractivity contribution is 7.19. The van der Waals surface area contributed by atoms with Crippen LogP contribution in [0.3, 0.4) is 0 Å². The monoisotopic (exact) mass is 569 g/mol. The van der Waals surface area contributed by atoms with Crippen molar-refractivity contribution in [1.82, 2.24) is 9.97 Å². The Balaban J connectivity index is 1.35. The summed E-state index contributed by atoms with van der Waals surface area (Å²) in [5.74, 6) is 1.31. The predicted molar refractivity (Wildman–Crippen MR) is 161 cm³/mol. The van der Waals surface area contributed by atoms with Crippen LogP contribution >= 0.6 is 11.3 Å². The van der Waals surface area contributed by atoms with Crippen molar-refractivity contribution in [2.24, 2.45) is 0 Å². The van der Waals surface area contributed by atoms with E-state index >= 15 is 0 Å². The zero-order valence-corrected chi connectivity index (χ0v) is 23.3. The van der Waals surface area contributed by atoms with Crippen LogP contribution in [0.15, 0.2) is 91.1 Å². The van der Waals surface area contributed by atoms with Crippen LogP contribution in [-0.2, 0) is 11.2 Å². The summed E-state index contributed by atoms with van der Waals surface area (Å²) >= 11 is 1.43. The van der Waals surface area contributed by atoms with E-state index in [2.05, 4.69) is 21.2 Å². The molecule has 0 fully saturated rings. The third-order valence-electron chi connectivity index (χ3n) is 6.23. The summed E-state index contributed by atoms with van der Waals surface area (Å²) < 4.78 is 24.4. The summed E-state index contributed by atoms with van der Waals surface area (Å²) in [5.41, 5.74) is 10.3. The number of aryl methyl sites for hydroxylation is 1. The van der Waals surface area contributed by atoms with Gasteiger partial charge in [-0.1, -0.05) is 29.5 Å². The van der Waals surface area contributed by atoms with E-state index < -0.39 is 0 Å². The van der Waals surface area contributed by atoms with Crippen molar-refractivity contribution in [3.63, 3.8) is 0 Å². The van der Waals surface area contributed by atoms with Gasteiger partial charge in [-0.15, -0.1) is 0 Å². The van der Waals surface area contributed by atoms with E-state index in [0.717, 1.165) is 27.3 Å². The molecule has 0 bridgehead atoms. The zero-order valence-electron chi connectivity index (χ0n) is 22.5. The predicted octanol–water partition coefficient (Wildman–Crippen LogP) is 7.04. The fraction of sp³-hybridized carbons (Fsp3) is 0.129. The Morgan fingerprint density at radius 2 is 1.71 bits per heavy atom. The van der Waals surface area contributed by atoms with E-state index in [4.69, 9.17) is 14.5 Å². The lowest BCUT2D eigenvalue weighted by atomic mass is 10.1. The highest BCUT2D eigenvalue weighted by Crippen LogP contribution is 2.39. The molecule has 1 amide bonds. The topological polar surface area (TPSA) is 97.4 Å².